The van der Waals surface area contributed by atoms with Gasteiger partial charge in [0, 0.05) is 38.4 Å². The lowest BCUT2D eigenvalue weighted by atomic mass is 10.2. The molecule has 1 atom stereocenters. The van der Waals surface area contributed by atoms with Crippen molar-refractivity contribution in [2.24, 2.45) is 0 Å². The van der Waals surface area contributed by atoms with Gasteiger partial charge in [0.1, 0.15) is 11.9 Å². The molecule has 2 aromatic carbocycles. The van der Waals surface area contributed by atoms with Gasteiger partial charge in [0.15, 0.2) is 0 Å². The second-order valence-corrected chi connectivity index (χ2v) is 10.6. The first-order valence-corrected chi connectivity index (χ1v) is 12.8. The van der Waals surface area contributed by atoms with Gasteiger partial charge in [-0.1, -0.05) is 17.7 Å². The fourth-order valence-electron chi connectivity index (χ4n) is 4.39. The van der Waals surface area contributed by atoms with Gasteiger partial charge in [-0.05, 0) is 56.2 Å². The average molecular weight is 489 g/mol. The Labute approximate surface area is 199 Å². The molecule has 0 bridgehead atoms. The highest BCUT2D eigenvalue weighted by atomic mass is 32.2. The van der Waals surface area contributed by atoms with Crippen LogP contribution < -0.4 is 5.32 Å². The number of sulfonamides is 1. The van der Waals surface area contributed by atoms with Crippen molar-refractivity contribution in [3.8, 4) is 0 Å². The molecule has 8 nitrogen and oxygen atoms in total. The number of nitrogens with zero attached hydrogens (tertiary/aromatic N) is 3. The number of rotatable bonds is 6. The second kappa shape index (κ2) is 10.2. The summed E-state index contributed by atoms with van der Waals surface area (Å²) < 4.78 is 40.7. The molecular formula is C24H29FN4O4S. The summed E-state index contributed by atoms with van der Waals surface area (Å²) in [7, 11) is -3.75. The summed E-state index contributed by atoms with van der Waals surface area (Å²) in [6.45, 7) is 4.27. The van der Waals surface area contributed by atoms with Gasteiger partial charge in [0.05, 0.1) is 11.4 Å². The number of amides is 2. The smallest absolute Gasteiger partial charge is 0.243 e. The first kappa shape index (κ1) is 24.3. The molecule has 1 N–H and O–H groups in total. The van der Waals surface area contributed by atoms with E-state index >= 15 is 0 Å². The minimum Gasteiger partial charge on any atom is -0.339 e. The minimum atomic E-state index is -3.75. The highest BCUT2D eigenvalue weighted by molar-refractivity contribution is 7.89. The van der Waals surface area contributed by atoms with Gasteiger partial charge in [-0.15, -0.1) is 0 Å². The largest absolute Gasteiger partial charge is 0.339 e. The van der Waals surface area contributed by atoms with Crippen LogP contribution in [0.4, 0.5) is 10.1 Å². The Balaban J connectivity index is 1.32. The lowest BCUT2D eigenvalue weighted by Gasteiger charge is -2.36. The lowest BCUT2D eigenvalue weighted by Crippen LogP contribution is -2.55. The normalized spacial score (nSPS) is 19.8. The summed E-state index contributed by atoms with van der Waals surface area (Å²) in [5.74, 6) is -0.757. The molecule has 182 valence electrons. The molecule has 2 amide bonds. The number of anilines is 1. The van der Waals surface area contributed by atoms with Gasteiger partial charge in [0.2, 0.25) is 21.8 Å². The highest BCUT2D eigenvalue weighted by Crippen LogP contribution is 2.28. The lowest BCUT2D eigenvalue weighted by molar-refractivity contribution is -0.136. The predicted octanol–water partition coefficient (Wildman–Crippen LogP) is 2.07. The monoisotopic (exact) mass is 488 g/mol. The summed E-state index contributed by atoms with van der Waals surface area (Å²) in [6.07, 6.45) is 1.15. The van der Waals surface area contributed by atoms with Gasteiger partial charge >= 0.3 is 0 Å². The molecule has 34 heavy (non-hydrogen) atoms. The topological polar surface area (TPSA) is 90.0 Å². The molecule has 0 unspecified atom stereocenters. The molecule has 2 saturated heterocycles. The maximum absolute atomic E-state index is 13.2. The van der Waals surface area contributed by atoms with Crippen LogP contribution in [-0.2, 0) is 19.6 Å². The SMILES string of the molecule is Cc1ccc(S(=O)(=O)N2CCC[C@H]2C(=O)N2CCN(CC(=O)Nc3ccc(F)cc3)CC2)cc1. The van der Waals surface area contributed by atoms with Crippen LogP contribution in [-0.4, -0.2) is 79.6 Å². The summed E-state index contributed by atoms with van der Waals surface area (Å²) >= 11 is 0. The molecule has 0 radical (unpaired) electrons. The first-order chi connectivity index (χ1) is 16.2. The molecule has 2 heterocycles. The van der Waals surface area contributed by atoms with Crippen molar-refractivity contribution in [3.63, 3.8) is 0 Å². The molecular weight excluding hydrogens is 459 g/mol. The number of nitrogens with one attached hydrogen (secondary N) is 1. The molecule has 0 spiro atoms. The van der Waals surface area contributed by atoms with Crippen LogP contribution in [0.2, 0.25) is 0 Å². The highest BCUT2D eigenvalue weighted by Gasteiger charge is 2.41. The van der Waals surface area contributed by atoms with Crippen LogP contribution in [0.3, 0.4) is 0 Å². The Kier molecular flexibility index (Phi) is 7.30. The Hall–Kier alpha value is -2.82. The number of hydrogen-bond acceptors (Lipinski definition) is 5. The van der Waals surface area contributed by atoms with E-state index < -0.39 is 16.1 Å². The quantitative estimate of drug-likeness (QED) is 0.673. The molecule has 0 aliphatic carbocycles. The van der Waals surface area contributed by atoms with E-state index in [-0.39, 0.29) is 29.1 Å². The molecule has 0 saturated carbocycles. The van der Waals surface area contributed by atoms with E-state index in [1.807, 2.05) is 11.8 Å². The van der Waals surface area contributed by atoms with Crippen molar-refractivity contribution in [1.82, 2.24) is 14.1 Å². The van der Waals surface area contributed by atoms with Crippen molar-refractivity contribution >= 4 is 27.5 Å². The molecule has 0 aromatic heterocycles. The minimum absolute atomic E-state index is 0.163. The fourth-order valence-corrected chi connectivity index (χ4v) is 6.05. The molecule has 2 aliphatic rings. The fraction of sp³-hybridized carbons (Fsp3) is 0.417. The number of aryl methyl sites for hydroxylation is 1. The maximum atomic E-state index is 13.2. The Morgan fingerprint density at radius 3 is 2.26 bits per heavy atom. The van der Waals surface area contributed by atoms with Crippen molar-refractivity contribution in [3.05, 3.63) is 59.9 Å². The van der Waals surface area contributed by atoms with Gasteiger partial charge in [-0.2, -0.15) is 4.31 Å². The van der Waals surface area contributed by atoms with E-state index in [1.165, 1.54) is 28.6 Å². The number of piperazine rings is 1. The molecule has 2 aliphatic heterocycles. The third kappa shape index (κ3) is 5.45. The maximum Gasteiger partial charge on any atom is 0.243 e. The van der Waals surface area contributed by atoms with E-state index in [1.54, 1.807) is 29.2 Å². The van der Waals surface area contributed by atoms with E-state index in [4.69, 9.17) is 0 Å². The third-order valence-corrected chi connectivity index (χ3v) is 8.22. The van der Waals surface area contributed by atoms with Crippen molar-refractivity contribution < 1.29 is 22.4 Å². The van der Waals surface area contributed by atoms with E-state index in [0.717, 1.165) is 5.56 Å². The van der Waals surface area contributed by atoms with E-state index in [0.29, 0.717) is 51.3 Å². The zero-order chi connectivity index (χ0) is 24.3. The van der Waals surface area contributed by atoms with Crippen LogP contribution in [0.1, 0.15) is 18.4 Å². The number of carbonyl (C=O) groups is 2. The van der Waals surface area contributed by atoms with Crippen LogP contribution in [0.5, 0.6) is 0 Å². The van der Waals surface area contributed by atoms with Crippen LogP contribution >= 0.6 is 0 Å². The summed E-state index contributed by atoms with van der Waals surface area (Å²) in [5, 5.41) is 2.74. The van der Waals surface area contributed by atoms with E-state index in [9.17, 15) is 22.4 Å². The Morgan fingerprint density at radius 2 is 1.62 bits per heavy atom. The standard InChI is InChI=1S/C24H29FN4O4S/c1-18-4-10-21(11-5-18)34(32,33)29-12-2-3-22(29)24(31)28-15-13-27(14-16-28)17-23(30)26-20-8-6-19(25)7-9-20/h4-11,22H,2-3,12-17H2,1H3,(H,26,30)/t22-/m0/s1. The zero-order valence-corrected chi connectivity index (χ0v) is 19.9. The second-order valence-electron chi connectivity index (χ2n) is 8.74. The number of carbonyl (C=O) groups excluding carboxylic acids is 2. The average Bonchev–Trinajstić information content (AvgIpc) is 3.32. The van der Waals surface area contributed by atoms with Crippen LogP contribution in [0, 0.1) is 12.7 Å². The number of hydrogen-bond donors (Lipinski definition) is 1. The zero-order valence-electron chi connectivity index (χ0n) is 19.1. The summed E-state index contributed by atoms with van der Waals surface area (Å²) in [6, 6.07) is 11.6. The van der Waals surface area contributed by atoms with Gasteiger partial charge in [-0.3, -0.25) is 14.5 Å². The third-order valence-electron chi connectivity index (χ3n) is 6.30. The Bertz CT molecular complexity index is 1130. The van der Waals surface area contributed by atoms with E-state index in [2.05, 4.69) is 5.32 Å². The van der Waals surface area contributed by atoms with Crippen molar-refractivity contribution in [2.75, 3.05) is 44.6 Å². The predicted molar refractivity (Wildman–Crippen MR) is 126 cm³/mol. The molecule has 4 rings (SSSR count). The van der Waals surface area contributed by atoms with Crippen LogP contribution in [0.15, 0.2) is 53.4 Å². The summed E-state index contributed by atoms with van der Waals surface area (Å²) in [4.78, 5) is 29.4. The van der Waals surface area contributed by atoms with Crippen LogP contribution in [0.25, 0.3) is 0 Å². The van der Waals surface area contributed by atoms with Gasteiger partial charge < -0.3 is 10.2 Å². The number of benzene rings is 2. The summed E-state index contributed by atoms with van der Waals surface area (Å²) in [5.41, 5.74) is 1.49. The molecule has 10 heteroatoms. The van der Waals surface area contributed by atoms with Crippen molar-refractivity contribution in [2.45, 2.75) is 30.7 Å². The van der Waals surface area contributed by atoms with Crippen molar-refractivity contribution in [1.29, 1.82) is 0 Å². The Morgan fingerprint density at radius 1 is 0.971 bits per heavy atom. The van der Waals surface area contributed by atoms with Gasteiger partial charge in [0.25, 0.3) is 0 Å². The molecule has 2 aromatic rings. The molecule has 2 fully saturated rings. The van der Waals surface area contributed by atoms with Gasteiger partial charge in [-0.25, -0.2) is 12.8 Å². The first-order valence-electron chi connectivity index (χ1n) is 11.4. The number of halogens is 1.